The van der Waals surface area contributed by atoms with Gasteiger partial charge in [0.15, 0.2) is 0 Å². The molecule has 1 aliphatic rings. The molecule has 0 radical (unpaired) electrons. The number of nitrogens with one attached hydrogen (secondary N) is 2. The Kier molecular flexibility index (Phi) is 4.48. The Bertz CT molecular complexity index is 827. The Labute approximate surface area is 147 Å². The molecule has 0 unspecified atom stereocenters. The summed E-state index contributed by atoms with van der Waals surface area (Å²) in [4.78, 5) is 25.3. The molecule has 0 bridgehead atoms. The first-order valence-corrected chi connectivity index (χ1v) is 8.36. The lowest BCUT2D eigenvalue weighted by atomic mass is 10.1. The van der Waals surface area contributed by atoms with Crippen molar-refractivity contribution >= 4 is 17.6 Å². The number of carbonyl (C=O) groups is 2. The van der Waals surface area contributed by atoms with Crippen LogP contribution >= 0.6 is 0 Å². The lowest BCUT2D eigenvalue weighted by molar-refractivity contribution is -0.128. The van der Waals surface area contributed by atoms with Gasteiger partial charge in [-0.05, 0) is 44.9 Å². The topological polar surface area (TPSA) is 79.3 Å². The van der Waals surface area contributed by atoms with Gasteiger partial charge in [0, 0.05) is 13.1 Å². The molecule has 2 N–H and O–H groups in total. The third-order valence-electron chi connectivity index (χ3n) is 4.47. The molecule has 0 aliphatic carbocycles. The van der Waals surface area contributed by atoms with Crippen LogP contribution in [0.2, 0.25) is 0 Å². The van der Waals surface area contributed by atoms with Crippen molar-refractivity contribution in [3.05, 3.63) is 41.2 Å². The van der Waals surface area contributed by atoms with Gasteiger partial charge in [-0.25, -0.2) is 9.48 Å². The van der Waals surface area contributed by atoms with Gasteiger partial charge in [-0.2, -0.15) is 5.10 Å². The SMILES string of the molecule is Cc1ccc(C)c(-n2ncc(N[C@H](C)C(=O)N3CCNC3=O)c2C)c1. The molecule has 3 amide bonds. The number of urea groups is 1. The van der Waals surface area contributed by atoms with E-state index >= 15 is 0 Å². The zero-order valence-corrected chi connectivity index (χ0v) is 15.0. The van der Waals surface area contributed by atoms with E-state index < -0.39 is 6.04 Å². The van der Waals surface area contributed by atoms with E-state index in [2.05, 4.69) is 33.9 Å². The fourth-order valence-electron chi connectivity index (χ4n) is 2.95. The van der Waals surface area contributed by atoms with Crippen LogP contribution in [0.25, 0.3) is 5.69 Å². The summed E-state index contributed by atoms with van der Waals surface area (Å²) < 4.78 is 1.87. The standard InChI is InChI=1S/C18H23N5O2/c1-11-5-6-12(2)16(9-11)23-14(4)15(10-20-23)21-13(3)17(24)22-8-7-19-18(22)25/h5-6,9-10,13,21H,7-8H2,1-4H3,(H,19,25)/t13-/m1/s1. The predicted molar refractivity (Wildman–Crippen MR) is 96.0 cm³/mol. The van der Waals surface area contributed by atoms with Gasteiger partial charge in [-0.15, -0.1) is 0 Å². The molecule has 1 fully saturated rings. The first-order valence-electron chi connectivity index (χ1n) is 8.36. The van der Waals surface area contributed by atoms with Crippen molar-refractivity contribution in [2.45, 2.75) is 33.7 Å². The Morgan fingerprint density at radius 1 is 1.32 bits per heavy atom. The quantitative estimate of drug-likeness (QED) is 0.893. The predicted octanol–water partition coefficient (Wildman–Crippen LogP) is 2.15. The summed E-state index contributed by atoms with van der Waals surface area (Å²) in [6, 6.07) is 5.37. The van der Waals surface area contributed by atoms with E-state index in [9.17, 15) is 9.59 Å². The van der Waals surface area contributed by atoms with Crippen molar-refractivity contribution in [1.82, 2.24) is 20.0 Å². The van der Waals surface area contributed by atoms with E-state index in [4.69, 9.17) is 0 Å². The smallest absolute Gasteiger partial charge is 0.324 e. The molecule has 7 heteroatoms. The van der Waals surface area contributed by atoms with Crippen molar-refractivity contribution < 1.29 is 9.59 Å². The molecular weight excluding hydrogens is 318 g/mol. The van der Waals surface area contributed by atoms with Crippen LogP contribution in [-0.2, 0) is 4.79 Å². The van der Waals surface area contributed by atoms with Crippen molar-refractivity contribution in [2.75, 3.05) is 18.4 Å². The van der Waals surface area contributed by atoms with Gasteiger partial charge in [-0.3, -0.25) is 9.69 Å². The molecule has 7 nitrogen and oxygen atoms in total. The summed E-state index contributed by atoms with van der Waals surface area (Å²) in [5.41, 5.74) is 5.00. The average molecular weight is 341 g/mol. The van der Waals surface area contributed by atoms with Crippen LogP contribution in [0, 0.1) is 20.8 Å². The fourth-order valence-corrected chi connectivity index (χ4v) is 2.95. The molecule has 2 heterocycles. The molecule has 0 spiro atoms. The van der Waals surface area contributed by atoms with Crippen LogP contribution in [0.4, 0.5) is 10.5 Å². The Balaban J connectivity index is 1.80. The van der Waals surface area contributed by atoms with Crippen LogP contribution in [-0.4, -0.2) is 45.8 Å². The summed E-state index contributed by atoms with van der Waals surface area (Å²) in [6.45, 7) is 8.70. The molecule has 1 aliphatic heterocycles. The minimum atomic E-state index is -0.515. The summed E-state index contributed by atoms with van der Waals surface area (Å²) in [5.74, 6) is -0.242. The molecule has 1 atom stereocenters. The highest BCUT2D eigenvalue weighted by Crippen LogP contribution is 2.22. The molecule has 3 rings (SSSR count). The van der Waals surface area contributed by atoms with Crippen LogP contribution < -0.4 is 10.6 Å². The highest BCUT2D eigenvalue weighted by molar-refractivity contribution is 5.99. The van der Waals surface area contributed by atoms with E-state index in [-0.39, 0.29) is 11.9 Å². The number of rotatable bonds is 4. The maximum Gasteiger partial charge on any atom is 0.324 e. The third kappa shape index (κ3) is 3.22. The monoisotopic (exact) mass is 341 g/mol. The minimum Gasteiger partial charge on any atom is -0.371 e. The molecule has 1 aromatic heterocycles. The van der Waals surface area contributed by atoms with Crippen molar-refractivity contribution in [3.8, 4) is 5.69 Å². The summed E-state index contributed by atoms with van der Waals surface area (Å²) in [5, 5.41) is 10.3. The van der Waals surface area contributed by atoms with Gasteiger partial charge in [0.25, 0.3) is 5.91 Å². The van der Waals surface area contributed by atoms with Crippen LogP contribution in [0.3, 0.4) is 0 Å². The summed E-state index contributed by atoms with van der Waals surface area (Å²) in [7, 11) is 0. The van der Waals surface area contributed by atoms with E-state index in [1.54, 1.807) is 13.1 Å². The van der Waals surface area contributed by atoms with Crippen LogP contribution in [0.1, 0.15) is 23.7 Å². The van der Waals surface area contributed by atoms with Crippen molar-refractivity contribution in [3.63, 3.8) is 0 Å². The second-order valence-corrected chi connectivity index (χ2v) is 6.43. The van der Waals surface area contributed by atoms with Crippen LogP contribution in [0.5, 0.6) is 0 Å². The number of imide groups is 1. The van der Waals surface area contributed by atoms with Crippen LogP contribution in [0.15, 0.2) is 24.4 Å². The molecule has 132 valence electrons. The highest BCUT2D eigenvalue weighted by Gasteiger charge is 2.30. The Morgan fingerprint density at radius 2 is 2.08 bits per heavy atom. The third-order valence-corrected chi connectivity index (χ3v) is 4.47. The second kappa shape index (κ2) is 6.58. The number of anilines is 1. The maximum absolute atomic E-state index is 12.4. The summed E-state index contributed by atoms with van der Waals surface area (Å²) in [6.07, 6.45) is 1.71. The second-order valence-electron chi connectivity index (χ2n) is 6.43. The van der Waals surface area contributed by atoms with Gasteiger partial charge < -0.3 is 10.6 Å². The minimum absolute atomic E-state index is 0.242. The van der Waals surface area contributed by atoms with E-state index in [0.717, 1.165) is 28.2 Å². The number of hydrogen-bond donors (Lipinski definition) is 2. The van der Waals surface area contributed by atoms with Gasteiger partial charge in [-0.1, -0.05) is 12.1 Å². The number of benzene rings is 1. The maximum atomic E-state index is 12.4. The number of aryl methyl sites for hydroxylation is 2. The van der Waals surface area contributed by atoms with E-state index in [1.807, 2.05) is 25.5 Å². The molecule has 2 aromatic rings. The molecule has 1 aromatic carbocycles. The zero-order valence-electron chi connectivity index (χ0n) is 15.0. The molecule has 1 saturated heterocycles. The first-order chi connectivity index (χ1) is 11.9. The molecule has 0 saturated carbocycles. The van der Waals surface area contributed by atoms with E-state index in [1.165, 1.54) is 4.90 Å². The normalized spacial score (nSPS) is 15.2. The Morgan fingerprint density at radius 3 is 2.76 bits per heavy atom. The van der Waals surface area contributed by atoms with Gasteiger partial charge >= 0.3 is 6.03 Å². The van der Waals surface area contributed by atoms with Gasteiger partial charge in [0.2, 0.25) is 0 Å². The Hall–Kier alpha value is -2.83. The van der Waals surface area contributed by atoms with Gasteiger partial charge in [0.05, 0.1) is 23.3 Å². The number of carbonyl (C=O) groups excluding carboxylic acids is 2. The van der Waals surface area contributed by atoms with Crippen molar-refractivity contribution in [2.24, 2.45) is 0 Å². The van der Waals surface area contributed by atoms with E-state index in [0.29, 0.717) is 13.1 Å². The lowest BCUT2D eigenvalue weighted by Gasteiger charge is -2.19. The zero-order chi connectivity index (χ0) is 18.1. The van der Waals surface area contributed by atoms with Crippen molar-refractivity contribution in [1.29, 1.82) is 0 Å². The fraction of sp³-hybridized carbons (Fsp3) is 0.389. The number of amides is 3. The van der Waals surface area contributed by atoms with Gasteiger partial charge in [0.1, 0.15) is 6.04 Å². The lowest BCUT2D eigenvalue weighted by Crippen LogP contribution is -2.43. The molecule has 25 heavy (non-hydrogen) atoms. The molecular formula is C18H23N5O2. The number of aromatic nitrogens is 2. The average Bonchev–Trinajstić information content (AvgIpc) is 3.16. The number of nitrogens with zero attached hydrogens (tertiary/aromatic N) is 3. The first kappa shape index (κ1) is 17.0. The summed E-state index contributed by atoms with van der Waals surface area (Å²) >= 11 is 0. The highest BCUT2D eigenvalue weighted by atomic mass is 16.2. The largest absolute Gasteiger partial charge is 0.371 e. The number of hydrogen-bond acceptors (Lipinski definition) is 4.